The molecule has 0 unspecified atom stereocenters. The monoisotopic (exact) mass is 415 g/mol. The quantitative estimate of drug-likeness (QED) is 0.480. The van der Waals surface area contributed by atoms with Crippen LogP contribution in [0.25, 0.3) is 20.8 Å². The van der Waals surface area contributed by atoms with Gasteiger partial charge in [0.1, 0.15) is 5.84 Å². The lowest BCUT2D eigenvalue weighted by atomic mass is 10.1. The number of aromatic nitrogens is 1. The van der Waals surface area contributed by atoms with Crippen LogP contribution in [0, 0.1) is 6.57 Å². The first-order valence-electron chi connectivity index (χ1n) is 9.80. The molecule has 0 saturated heterocycles. The molecule has 150 valence electrons. The number of carbonyl (C=O) groups excluding carboxylic acids is 1. The zero-order valence-corrected chi connectivity index (χ0v) is 17.7. The number of hydrogen-bond donors (Lipinski definition) is 1. The van der Waals surface area contributed by atoms with Gasteiger partial charge in [0.15, 0.2) is 0 Å². The van der Waals surface area contributed by atoms with Gasteiger partial charge in [0.05, 0.1) is 22.5 Å². The van der Waals surface area contributed by atoms with E-state index in [1.165, 1.54) is 11.3 Å². The molecule has 0 saturated carbocycles. The fraction of sp³-hybridized carbons (Fsp3) is 0.217. The highest BCUT2D eigenvalue weighted by molar-refractivity contribution is 7.22. The van der Waals surface area contributed by atoms with E-state index < -0.39 is 0 Å². The number of hydrogen-bond acceptors (Lipinski definition) is 4. The number of aliphatic imine (C=N–C) groups is 1. The number of amides is 1. The first-order valence-corrected chi connectivity index (χ1v) is 10.6. The predicted octanol–water partition coefficient (Wildman–Crippen LogP) is 4.82. The summed E-state index contributed by atoms with van der Waals surface area (Å²) < 4.78 is 1.06. The second-order valence-corrected chi connectivity index (χ2v) is 8.02. The van der Waals surface area contributed by atoms with Crippen LogP contribution in [0.4, 0.5) is 5.13 Å². The van der Waals surface area contributed by atoms with Crippen LogP contribution < -0.4 is 5.32 Å². The van der Waals surface area contributed by atoms with Gasteiger partial charge in [-0.25, -0.2) is 14.8 Å². The second kappa shape index (κ2) is 8.47. The fourth-order valence-electron chi connectivity index (χ4n) is 3.33. The highest BCUT2D eigenvalue weighted by Crippen LogP contribution is 2.32. The Kier molecular flexibility index (Phi) is 5.59. The van der Waals surface area contributed by atoms with Gasteiger partial charge >= 0.3 is 0 Å². The number of amidine groups is 1. The molecule has 0 spiro atoms. The summed E-state index contributed by atoms with van der Waals surface area (Å²) in [5.41, 5.74) is 3.15. The summed E-state index contributed by atoms with van der Waals surface area (Å²) in [6, 6.07) is 15.6. The van der Waals surface area contributed by atoms with Crippen molar-refractivity contribution >= 4 is 44.1 Å². The SMILES string of the molecule is [C-]#[N+]C(C(=O)N(C)CCCC)=C1NC(=Nc2nc3ccccc3s2)c2ccccc21. The minimum atomic E-state index is -0.281. The highest BCUT2D eigenvalue weighted by Gasteiger charge is 2.29. The van der Waals surface area contributed by atoms with Gasteiger partial charge in [-0.2, -0.15) is 0 Å². The van der Waals surface area contributed by atoms with Gasteiger partial charge in [0, 0.05) is 19.2 Å². The zero-order valence-electron chi connectivity index (χ0n) is 16.8. The zero-order chi connectivity index (χ0) is 21.1. The van der Waals surface area contributed by atoms with Crippen LogP contribution in [0.15, 0.2) is 59.2 Å². The first kappa shape index (κ1) is 19.8. The van der Waals surface area contributed by atoms with Crippen LogP contribution in [0.3, 0.4) is 0 Å². The fourth-order valence-corrected chi connectivity index (χ4v) is 4.17. The van der Waals surface area contributed by atoms with Gasteiger partial charge in [-0.1, -0.05) is 61.1 Å². The van der Waals surface area contributed by atoms with E-state index in [9.17, 15) is 4.79 Å². The first-order chi connectivity index (χ1) is 14.6. The Balaban J connectivity index is 1.75. The lowest BCUT2D eigenvalue weighted by Gasteiger charge is -2.17. The van der Waals surface area contributed by atoms with Gasteiger partial charge in [-0.3, -0.25) is 4.79 Å². The molecule has 4 rings (SSSR count). The number of benzene rings is 2. The third-order valence-electron chi connectivity index (χ3n) is 4.93. The molecule has 0 aliphatic carbocycles. The normalized spacial score (nSPS) is 15.6. The van der Waals surface area contributed by atoms with Gasteiger partial charge in [0.25, 0.3) is 11.6 Å². The van der Waals surface area contributed by atoms with E-state index in [0.29, 0.717) is 23.2 Å². The minimum absolute atomic E-state index is 0.0792. The number of thiazole rings is 1. The van der Waals surface area contributed by atoms with E-state index in [4.69, 9.17) is 11.6 Å². The summed E-state index contributed by atoms with van der Waals surface area (Å²) in [7, 11) is 1.74. The molecule has 0 radical (unpaired) electrons. The number of para-hydroxylation sites is 1. The van der Waals surface area contributed by atoms with E-state index in [1.54, 1.807) is 11.9 Å². The molecule has 7 heteroatoms. The molecule has 0 atom stereocenters. The molecule has 2 heterocycles. The van der Waals surface area contributed by atoms with E-state index in [2.05, 4.69) is 22.1 Å². The molecular formula is C23H21N5OS. The molecule has 30 heavy (non-hydrogen) atoms. The van der Waals surface area contributed by atoms with Crippen molar-refractivity contribution in [1.29, 1.82) is 0 Å². The smallest absolute Gasteiger partial charge is 0.273 e. The summed E-state index contributed by atoms with van der Waals surface area (Å²) >= 11 is 1.50. The van der Waals surface area contributed by atoms with Crippen molar-refractivity contribution in [2.75, 3.05) is 13.6 Å². The number of unbranched alkanes of at least 4 members (excludes halogenated alkanes) is 1. The predicted molar refractivity (Wildman–Crippen MR) is 121 cm³/mol. The molecule has 1 aliphatic rings. The minimum Gasteiger partial charge on any atom is -0.351 e. The Morgan fingerprint density at radius 1 is 1.20 bits per heavy atom. The molecule has 1 aliphatic heterocycles. The standard InChI is InChI=1S/C23H21N5OS/c1-4-5-14-28(3)22(29)20(24-2)19-15-10-6-7-11-16(15)21(26-19)27-23-25-17-12-8-9-13-18(17)30-23/h6-13H,4-5,14H2,1,3H3,(H,25,26,27). The Hall–Kier alpha value is -3.50. The van der Waals surface area contributed by atoms with Crippen LogP contribution in [0.5, 0.6) is 0 Å². The lowest BCUT2D eigenvalue weighted by molar-refractivity contribution is -0.125. The molecule has 2 aromatic carbocycles. The van der Waals surface area contributed by atoms with E-state index >= 15 is 0 Å². The van der Waals surface area contributed by atoms with Crippen molar-refractivity contribution in [1.82, 2.24) is 15.2 Å². The van der Waals surface area contributed by atoms with Crippen LogP contribution >= 0.6 is 11.3 Å². The van der Waals surface area contributed by atoms with Crippen molar-refractivity contribution in [3.63, 3.8) is 0 Å². The van der Waals surface area contributed by atoms with Crippen LogP contribution in [0.1, 0.15) is 30.9 Å². The number of nitrogens with zero attached hydrogens (tertiary/aromatic N) is 4. The Labute approximate surface area is 179 Å². The third-order valence-corrected chi connectivity index (χ3v) is 5.86. The number of fused-ring (bicyclic) bond motifs is 2. The van der Waals surface area contributed by atoms with E-state index in [0.717, 1.165) is 34.2 Å². The van der Waals surface area contributed by atoms with Gasteiger partial charge in [0.2, 0.25) is 5.13 Å². The van der Waals surface area contributed by atoms with Crippen molar-refractivity contribution in [3.8, 4) is 0 Å². The van der Waals surface area contributed by atoms with Gasteiger partial charge < -0.3 is 10.2 Å². The van der Waals surface area contributed by atoms with Crippen molar-refractivity contribution < 1.29 is 4.79 Å². The molecule has 1 N–H and O–H groups in total. The van der Waals surface area contributed by atoms with Crippen molar-refractivity contribution in [3.05, 3.63) is 76.8 Å². The Morgan fingerprint density at radius 3 is 2.67 bits per heavy atom. The van der Waals surface area contributed by atoms with Gasteiger partial charge in [-0.05, 0) is 24.1 Å². The Bertz CT molecular complexity index is 1180. The van der Waals surface area contributed by atoms with Gasteiger partial charge in [-0.15, -0.1) is 0 Å². The topological polar surface area (TPSA) is 62.0 Å². The maximum atomic E-state index is 12.9. The van der Waals surface area contributed by atoms with E-state index in [-0.39, 0.29) is 11.6 Å². The molecule has 0 bridgehead atoms. The molecule has 0 fully saturated rings. The maximum Gasteiger partial charge on any atom is 0.273 e. The molecular weight excluding hydrogens is 394 g/mol. The average Bonchev–Trinajstić information content (AvgIpc) is 3.34. The van der Waals surface area contributed by atoms with Crippen LogP contribution in [0.2, 0.25) is 0 Å². The van der Waals surface area contributed by atoms with Crippen LogP contribution in [-0.4, -0.2) is 35.2 Å². The highest BCUT2D eigenvalue weighted by atomic mass is 32.1. The number of rotatable bonds is 5. The second-order valence-electron chi connectivity index (χ2n) is 7.01. The summed E-state index contributed by atoms with van der Waals surface area (Å²) in [5.74, 6) is 0.321. The average molecular weight is 416 g/mol. The number of likely N-dealkylation sites (N-methyl/N-ethyl adjacent to an activating group) is 1. The molecule has 3 aromatic rings. The Morgan fingerprint density at radius 2 is 1.93 bits per heavy atom. The number of nitrogens with one attached hydrogen (secondary N) is 1. The summed E-state index contributed by atoms with van der Waals surface area (Å²) in [6.07, 6.45) is 1.89. The summed E-state index contributed by atoms with van der Waals surface area (Å²) in [4.78, 5) is 27.4. The molecule has 1 aromatic heterocycles. The molecule has 1 amide bonds. The summed E-state index contributed by atoms with van der Waals surface area (Å²) in [6.45, 7) is 10.4. The lowest BCUT2D eigenvalue weighted by Crippen LogP contribution is -2.30. The largest absolute Gasteiger partial charge is 0.351 e. The van der Waals surface area contributed by atoms with Crippen LogP contribution in [-0.2, 0) is 4.79 Å². The van der Waals surface area contributed by atoms with Crippen molar-refractivity contribution in [2.45, 2.75) is 19.8 Å². The molecule has 6 nitrogen and oxygen atoms in total. The third kappa shape index (κ3) is 3.70. The number of carbonyl (C=O) groups is 1. The summed E-state index contributed by atoms with van der Waals surface area (Å²) in [5, 5.41) is 3.86. The van der Waals surface area contributed by atoms with E-state index in [1.807, 2.05) is 48.5 Å². The maximum absolute atomic E-state index is 12.9. The van der Waals surface area contributed by atoms with Crippen molar-refractivity contribution in [2.24, 2.45) is 4.99 Å².